The lowest BCUT2D eigenvalue weighted by molar-refractivity contribution is 0.583. The highest BCUT2D eigenvalue weighted by Gasteiger charge is 2.19. The summed E-state index contributed by atoms with van der Waals surface area (Å²) < 4.78 is 25.1. The van der Waals surface area contributed by atoms with Crippen molar-refractivity contribution >= 4 is 10.0 Å². The van der Waals surface area contributed by atoms with E-state index in [1.165, 1.54) is 12.1 Å². The van der Waals surface area contributed by atoms with Gasteiger partial charge in [0.1, 0.15) is 5.56 Å². The van der Waals surface area contributed by atoms with Gasteiger partial charge in [-0.3, -0.25) is 9.78 Å². The van der Waals surface area contributed by atoms with Gasteiger partial charge in [0.25, 0.3) is 15.6 Å². The predicted octanol–water partition coefficient (Wildman–Crippen LogP) is 0.0633. The average Bonchev–Trinajstić information content (AvgIpc) is 2.39. The Morgan fingerprint density at radius 3 is 2.35 bits per heavy atom. The standard InChI is InChI=1S/C13H10N2O4S/c1-3-10-8-15(13(17)14-12(10)16)20(18,19)11-6-4-9(2)5-7-11/h1,4-8H,2H3,(H,14,16,17). The SMILES string of the molecule is C#Cc1cn(S(=O)(=O)c2ccc(C)cc2)c(=O)[nH]c1=O. The maximum atomic E-state index is 12.3. The van der Waals surface area contributed by atoms with Crippen LogP contribution in [0.5, 0.6) is 0 Å². The van der Waals surface area contributed by atoms with Crippen molar-refractivity contribution in [1.82, 2.24) is 8.96 Å². The Hall–Kier alpha value is -2.59. The lowest BCUT2D eigenvalue weighted by Gasteiger charge is -2.07. The molecule has 0 bridgehead atoms. The van der Waals surface area contributed by atoms with E-state index in [0.717, 1.165) is 11.8 Å². The van der Waals surface area contributed by atoms with Crippen molar-refractivity contribution < 1.29 is 8.42 Å². The Kier molecular flexibility index (Phi) is 3.34. The molecule has 102 valence electrons. The van der Waals surface area contributed by atoms with Crippen molar-refractivity contribution in [2.75, 3.05) is 0 Å². The minimum atomic E-state index is -4.10. The third-order valence-electron chi connectivity index (χ3n) is 2.64. The zero-order valence-electron chi connectivity index (χ0n) is 10.5. The van der Waals surface area contributed by atoms with E-state index in [9.17, 15) is 18.0 Å². The third-order valence-corrected chi connectivity index (χ3v) is 4.30. The molecule has 0 aliphatic rings. The maximum absolute atomic E-state index is 12.3. The van der Waals surface area contributed by atoms with Gasteiger partial charge in [-0.25, -0.2) is 13.2 Å². The second-order valence-electron chi connectivity index (χ2n) is 4.06. The minimum Gasteiger partial charge on any atom is -0.272 e. The number of aromatic nitrogens is 2. The van der Waals surface area contributed by atoms with Crippen LogP contribution in [0.15, 0.2) is 44.9 Å². The summed E-state index contributed by atoms with van der Waals surface area (Å²) >= 11 is 0. The number of nitrogens with zero attached hydrogens (tertiary/aromatic N) is 1. The topological polar surface area (TPSA) is 89.0 Å². The highest BCUT2D eigenvalue weighted by molar-refractivity contribution is 7.90. The number of rotatable bonds is 2. The summed E-state index contributed by atoms with van der Waals surface area (Å²) in [5.74, 6) is 2.03. The first kappa shape index (κ1) is 13.8. The Labute approximate surface area is 114 Å². The number of hydrogen-bond acceptors (Lipinski definition) is 4. The molecule has 1 N–H and O–H groups in total. The number of benzene rings is 1. The van der Waals surface area contributed by atoms with Crippen LogP contribution in [0.4, 0.5) is 0 Å². The zero-order chi connectivity index (χ0) is 14.9. The van der Waals surface area contributed by atoms with Crippen LogP contribution in [0.2, 0.25) is 0 Å². The number of H-pyrrole nitrogens is 1. The van der Waals surface area contributed by atoms with E-state index >= 15 is 0 Å². The van der Waals surface area contributed by atoms with Gasteiger partial charge in [0.05, 0.1) is 4.90 Å². The van der Waals surface area contributed by atoms with E-state index < -0.39 is 21.3 Å². The van der Waals surface area contributed by atoms with Gasteiger partial charge in [-0.05, 0) is 19.1 Å². The first-order chi connectivity index (χ1) is 9.36. The molecule has 1 aromatic heterocycles. The molecule has 2 aromatic rings. The van der Waals surface area contributed by atoms with Crippen LogP contribution in [-0.2, 0) is 10.0 Å². The molecule has 0 saturated heterocycles. The normalized spacial score (nSPS) is 11.0. The van der Waals surface area contributed by atoms with Crippen LogP contribution in [0, 0.1) is 19.3 Å². The number of aryl methyl sites for hydroxylation is 1. The fourth-order valence-electron chi connectivity index (χ4n) is 1.56. The van der Waals surface area contributed by atoms with Gasteiger partial charge in [0, 0.05) is 6.20 Å². The number of hydrogen-bond donors (Lipinski definition) is 1. The Morgan fingerprint density at radius 1 is 1.20 bits per heavy atom. The molecule has 0 fully saturated rings. The summed E-state index contributed by atoms with van der Waals surface area (Å²) in [6.45, 7) is 1.80. The predicted molar refractivity (Wildman–Crippen MR) is 73.0 cm³/mol. The molecule has 0 amide bonds. The van der Waals surface area contributed by atoms with Crippen molar-refractivity contribution in [1.29, 1.82) is 0 Å². The molecule has 6 nitrogen and oxygen atoms in total. The molecule has 1 heterocycles. The Morgan fingerprint density at radius 2 is 1.80 bits per heavy atom. The average molecular weight is 290 g/mol. The smallest absolute Gasteiger partial charge is 0.272 e. The summed E-state index contributed by atoms with van der Waals surface area (Å²) in [7, 11) is -4.10. The van der Waals surface area contributed by atoms with Crippen LogP contribution in [-0.4, -0.2) is 17.4 Å². The molecule has 2 rings (SSSR count). The molecule has 20 heavy (non-hydrogen) atoms. The summed E-state index contributed by atoms with van der Waals surface area (Å²) in [6, 6.07) is 5.95. The van der Waals surface area contributed by atoms with Gasteiger partial charge < -0.3 is 0 Å². The van der Waals surface area contributed by atoms with Crippen LogP contribution in [0.1, 0.15) is 11.1 Å². The van der Waals surface area contributed by atoms with Gasteiger partial charge in [0.15, 0.2) is 0 Å². The summed E-state index contributed by atoms with van der Waals surface area (Å²) in [6.07, 6.45) is 5.93. The molecule has 0 unspecified atom stereocenters. The highest BCUT2D eigenvalue weighted by Crippen LogP contribution is 2.12. The fourth-order valence-corrected chi connectivity index (χ4v) is 2.77. The van der Waals surface area contributed by atoms with Crippen molar-refractivity contribution in [2.45, 2.75) is 11.8 Å². The van der Waals surface area contributed by atoms with Gasteiger partial charge in [-0.2, -0.15) is 3.97 Å². The second kappa shape index (κ2) is 4.83. The molecule has 0 aliphatic carbocycles. The minimum absolute atomic E-state index is 0.0692. The molecule has 0 spiro atoms. The van der Waals surface area contributed by atoms with Gasteiger partial charge in [0.2, 0.25) is 0 Å². The number of terminal acetylenes is 1. The number of aromatic amines is 1. The van der Waals surface area contributed by atoms with E-state index in [-0.39, 0.29) is 10.5 Å². The summed E-state index contributed by atoms with van der Waals surface area (Å²) in [4.78, 5) is 24.8. The van der Waals surface area contributed by atoms with Crippen LogP contribution >= 0.6 is 0 Å². The first-order valence-electron chi connectivity index (χ1n) is 5.51. The monoisotopic (exact) mass is 290 g/mol. The Balaban J connectivity index is 2.73. The molecule has 0 aliphatic heterocycles. The summed E-state index contributed by atoms with van der Waals surface area (Å²) in [5, 5.41) is 0. The van der Waals surface area contributed by atoms with Gasteiger partial charge in [-0.1, -0.05) is 23.6 Å². The van der Waals surface area contributed by atoms with Crippen LogP contribution in [0.3, 0.4) is 0 Å². The van der Waals surface area contributed by atoms with Crippen molar-refractivity contribution in [2.24, 2.45) is 0 Å². The molecular formula is C13H10N2O4S. The van der Waals surface area contributed by atoms with E-state index in [4.69, 9.17) is 6.42 Å². The molecule has 1 aromatic carbocycles. The molecule has 0 saturated carbocycles. The first-order valence-corrected chi connectivity index (χ1v) is 6.95. The number of nitrogens with one attached hydrogen (secondary N) is 1. The van der Waals surface area contributed by atoms with E-state index in [1.54, 1.807) is 19.1 Å². The van der Waals surface area contributed by atoms with Crippen LogP contribution in [0.25, 0.3) is 0 Å². The maximum Gasteiger partial charge on any atom is 0.342 e. The van der Waals surface area contributed by atoms with E-state index in [2.05, 4.69) is 0 Å². The fraction of sp³-hybridized carbons (Fsp3) is 0.0769. The quantitative estimate of drug-likeness (QED) is 0.792. The van der Waals surface area contributed by atoms with Crippen molar-refractivity contribution in [3.05, 3.63) is 62.4 Å². The molecule has 0 radical (unpaired) electrons. The van der Waals surface area contributed by atoms with Crippen molar-refractivity contribution in [3.63, 3.8) is 0 Å². The molecular weight excluding hydrogens is 280 g/mol. The van der Waals surface area contributed by atoms with E-state index in [1.807, 2.05) is 10.9 Å². The largest absolute Gasteiger partial charge is 0.342 e. The van der Waals surface area contributed by atoms with Crippen LogP contribution < -0.4 is 11.2 Å². The lowest BCUT2D eigenvalue weighted by Crippen LogP contribution is -2.35. The van der Waals surface area contributed by atoms with Gasteiger partial charge in [-0.15, -0.1) is 6.42 Å². The van der Waals surface area contributed by atoms with Gasteiger partial charge >= 0.3 is 5.69 Å². The highest BCUT2D eigenvalue weighted by atomic mass is 32.2. The zero-order valence-corrected chi connectivity index (χ0v) is 11.3. The van der Waals surface area contributed by atoms with Crippen molar-refractivity contribution in [3.8, 4) is 12.3 Å². The molecule has 0 atom stereocenters. The lowest BCUT2D eigenvalue weighted by atomic mass is 10.2. The summed E-state index contributed by atoms with van der Waals surface area (Å²) in [5.41, 5.74) is -1.22. The Bertz CT molecular complexity index is 913. The molecule has 7 heteroatoms. The van der Waals surface area contributed by atoms with E-state index in [0.29, 0.717) is 3.97 Å². The second-order valence-corrected chi connectivity index (χ2v) is 5.88. The third kappa shape index (κ3) is 2.29.